The van der Waals surface area contributed by atoms with Crippen LogP contribution in [0, 0.1) is 11.8 Å². The van der Waals surface area contributed by atoms with Crippen molar-refractivity contribution in [1.82, 2.24) is 24.4 Å². The Hall–Kier alpha value is -2.80. The summed E-state index contributed by atoms with van der Waals surface area (Å²) in [4.78, 5) is 40.5. The molecule has 12 heteroatoms. The molecule has 0 amide bonds. The second kappa shape index (κ2) is 13.9. The molecular formula is C31H48N6O6. The summed E-state index contributed by atoms with van der Waals surface area (Å²) in [5.74, 6) is -0.680. The van der Waals surface area contributed by atoms with E-state index >= 15 is 0 Å². The number of likely N-dealkylation sites (tertiary alicyclic amines) is 1. The third kappa shape index (κ3) is 6.67. The first-order chi connectivity index (χ1) is 20.8. The number of Topliss-reactive ketones (excluding diaryl/α,β-unsaturated/α-hetero) is 1. The van der Waals surface area contributed by atoms with Crippen LogP contribution in [-0.4, -0.2) is 88.7 Å². The molecule has 6 rings (SSSR count). The van der Waals surface area contributed by atoms with Gasteiger partial charge in [0, 0.05) is 44.0 Å². The summed E-state index contributed by atoms with van der Waals surface area (Å²) in [5, 5.41) is 0. The van der Waals surface area contributed by atoms with Gasteiger partial charge in [0.1, 0.15) is 6.61 Å². The third-order valence-electron chi connectivity index (χ3n) is 9.37. The normalized spacial score (nSPS) is 26.0. The summed E-state index contributed by atoms with van der Waals surface area (Å²) in [6.45, 7) is 8.66. The van der Waals surface area contributed by atoms with Crippen LogP contribution in [-0.2, 0) is 21.3 Å². The first-order valence-electron chi connectivity index (χ1n) is 15.9. The Morgan fingerprint density at radius 1 is 1.09 bits per heavy atom. The second-order valence-corrected chi connectivity index (χ2v) is 12.3. The van der Waals surface area contributed by atoms with Crippen molar-refractivity contribution < 1.29 is 23.7 Å². The zero-order valence-electron chi connectivity index (χ0n) is 26.2. The number of ketones is 1. The number of nitrogens with zero attached hydrogens (tertiary/aromatic N) is 4. The predicted octanol–water partition coefficient (Wildman–Crippen LogP) is 3.30. The summed E-state index contributed by atoms with van der Waals surface area (Å²) < 4.78 is 24.7. The highest BCUT2D eigenvalue weighted by atomic mass is 16.7. The molecule has 1 spiro atoms. The molecule has 4 aliphatic rings. The molecule has 1 aliphatic carbocycles. The fourth-order valence-corrected chi connectivity index (χ4v) is 6.79. The minimum atomic E-state index is -0.768. The van der Waals surface area contributed by atoms with E-state index in [4.69, 9.17) is 24.7 Å². The zero-order valence-corrected chi connectivity index (χ0v) is 26.2. The number of aryl methyl sites for hydroxylation is 1. The maximum absolute atomic E-state index is 14.0. The highest BCUT2D eigenvalue weighted by Crippen LogP contribution is 2.44. The van der Waals surface area contributed by atoms with E-state index in [9.17, 15) is 9.59 Å². The van der Waals surface area contributed by atoms with Gasteiger partial charge in [-0.1, -0.05) is 26.7 Å². The fourth-order valence-electron chi connectivity index (χ4n) is 6.79. The van der Waals surface area contributed by atoms with Crippen molar-refractivity contribution in [1.29, 1.82) is 0 Å². The largest absolute Gasteiger partial charge is 0.474 e. The summed E-state index contributed by atoms with van der Waals surface area (Å²) in [7, 11) is 3.71. The van der Waals surface area contributed by atoms with Gasteiger partial charge >= 0.3 is 5.69 Å². The number of likely N-dealkylation sites (N-methyl/N-ethyl adjacent to an activating group) is 1. The number of aromatic amines is 1. The molecule has 2 aromatic heterocycles. The van der Waals surface area contributed by atoms with E-state index in [1.165, 1.54) is 17.4 Å². The molecule has 1 saturated carbocycles. The number of nitrogens with two attached hydrogens (primary N) is 1. The number of imidazole rings is 1. The van der Waals surface area contributed by atoms with Crippen molar-refractivity contribution in [3.63, 3.8) is 0 Å². The zero-order chi connectivity index (χ0) is 30.6. The van der Waals surface area contributed by atoms with Crippen molar-refractivity contribution in [2.45, 2.75) is 83.5 Å². The molecule has 2 aromatic rings. The second-order valence-electron chi connectivity index (χ2n) is 12.3. The van der Waals surface area contributed by atoms with Gasteiger partial charge < -0.3 is 24.7 Å². The van der Waals surface area contributed by atoms with Crippen LogP contribution in [0.1, 0.15) is 82.3 Å². The molecule has 3 N–H and O–H groups in total. The van der Waals surface area contributed by atoms with E-state index in [0.717, 1.165) is 58.3 Å². The molecule has 43 heavy (non-hydrogen) atoms. The molecule has 3 aliphatic heterocycles. The van der Waals surface area contributed by atoms with E-state index < -0.39 is 5.79 Å². The first kappa shape index (κ1) is 31.6. The van der Waals surface area contributed by atoms with Gasteiger partial charge in [-0.3, -0.25) is 19.2 Å². The molecule has 0 aromatic carbocycles. The highest BCUT2D eigenvalue weighted by Gasteiger charge is 2.48. The minimum absolute atomic E-state index is 0.0355. The third-order valence-corrected chi connectivity index (χ3v) is 9.37. The molecule has 4 fully saturated rings. The number of hydrogen-bond donors (Lipinski definition) is 2. The average Bonchev–Trinajstić information content (AvgIpc) is 3.82. The monoisotopic (exact) mass is 600 g/mol. The maximum atomic E-state index is 14.0. The van der Waals surface area contributed by atoms with Crippen LogP contribution in [0.2, 0.25) is 0 Å². The van der Waals surface area contributed by atoms with Gasteiger partial charge in [0.15, 0.2) is 17.0 Å². The Morgan fingerprint density at radius 3 is 2.47 bits per heavy atom. The molecule has 0 bridgehead atoms. The lowest BCUT2D eigenvalue weighted by molar-refractivity contribution is -0.203. The van der Waals surface area contributed by atoms with Crippen molar-refractivity contribution in [2.75, 3.05) is 46.6 Å². The van der Waals surface area contributed by atoms with Gasteiger partial charge in [0.25, 0.3) is 0 Å². The van der Waals surface area contributed by atoms with Gasteiger partial charge in [-0.15, -0.1) is 0 Å². The smallest absolute Gasteiger partial charge is 0.327 e. The van der Waals surface area contributed by atoms with Crippen LogP contribution in [0.3, 0.4) is 0 Å². The number of nitrogens with one attached hydrogen (secondary N) is 1. The van der Waals surface area contributed by atoms with Gasteiger partial charge in [0.2, 0.25) is 17.5 Å². The number of carbonyl (C=O) groups is 1. The van der Waals surface area contributed by atoms with Gasteiger partial charge in [-0.2, -0.15) is 4.98 Å². The van der Waals surface area contributed by atoms with Crippen LogP contribution in [0.15, 0.2) is 16.1 Å². The molecule has 2 unspecified atom stereocenters. The van der Waals surface area contributed by atoms with Crippen molar-refractivity contribution >= 4 is 16.9 Å². The Labute approximate surface area is 253 Å². The maximum Gasteiger partial charge on any atom is 0.327 e. The molecule has 5 heterocycles. The first-order valence-corrected chi connectivity index (χ1v) is 15.9. The average molecular weight is 601 g/mol. The van der Waals surface area contributed by atoms with Gasteiger partial charge in [0.05, 0.1) is 19.1 Å². The Morgan fingerprint density at radius 2 is 1.84 bits per heavy atom. The SMILES string of the molecule is C1CCOC1.CCC/C(C(=O)c1nc(OC[C@@H]2C(C)CCN2C)c2c(n1)[nH]c(=O)n2C)=C(/N)C1CCCCC12OCCO2. The lowest BCUT2D eigenvalue weighted by atomic mass is 9.79. The topological polar surface area (TPSA) is 147 Å². The summed E-state index contributed by atoms with van der Waals surface area (Å²) in [6, 6.07) is 0.218. The van der Waals surface area contributed by atoms with Gasteiger partial charge in [-0.25, -0.2) is 9.78 Å². The Kier molecular flexibility index (Phi) is 10.2. The van der Waals surface area contributed by atoms with E-state index in [2.05, 4.69) is 33.8 Å². The number of rotatable bonds is 8. The number of allylic oxidation sites excluding steroid dienone is 1. The predicted molar refractivity (Wildman–Crippen MR) is 162 cm³/mol. The lowest BCUT2D eigenvalue weighted by Gasteiger charge is -2.40. The van der Waals surface area contributed by atoms with Crippen LogP contribution in [0.25, 0.3) is 11.2 Å². The molecule has 0 radical (unpaired) electrons. The van der Waals surface area contributed by atoms with Crippen LogP contribution < -0.4 is 16.2 Å². The van der Waals surface area contributed by atoms with Crippen LogP contribution >= 0.6 is 0 Å². The van der Waals surface area contributed by atoms with Crippen LogP contribution in [0.5, 0.6) is 5.88 Å². The van der Waals surface area contributed by atoms with Crippen molar-refractivity contribution in [3.8, 4) is 5.88 Å². The molecular weight excluding hydrogens is 552 g/mol. The summed E-state index contributed by atoms with van der Waals surface area (Å²) in [6.07, 6.45) is 8.39. The van der Waals surface area contributed by atoms with E-state index in [1.807, 2.05) is 6.92 Å². The Bertz CT molecular complexity index is 1340. The number of carbonyl (C=O) groups excluding carboxylic acids is 1. The highest BCUT2D eigenvalue weighted by molar-refractivity contribution is 6.07. The lowest BCUT2D eigenvalue weighted by Crippen LogP contribution is -2.45. The number of ether oxygens (including phenoxy) is 4. The van der Waals surface area contributed by atoms with Crippen molar-refractivity contribution in [3.05, 3.63) is 27.6 Å². The number of H-pyrrole nitrogens is 1. The fraction of sp³-hybridized carbons (Fsp3) is 0.742. The Balaban J connectivity index is 0.000000668. The van der Waals surface area contributed by atoms with Crippen molar-refractivity contribution in [2.24, 2.45) is 24.6 Å². The van der Waals surface area contributed by atoms with E-state index in [1.54, 1.807) is 7.05 Å². The van der Waals surface area contributed by atoms with E-state index in [0.29, 0.717) is 48.9 Å². The molecule has 12 nitrogen and oxygen atoms in total. The molecule has 3 saturated heterocycles. The molecule has 3 atom stereocenters. The van der Waals surface area contributed by atoms with E-state index in [-0.39, 0.29) is 40.8 Å². The summed E-state index contributed by atoms with van der Waals surface area (Å²) >= 11 is 0. The van der Waals surface area contributed by atoms with Gasteiger partial charge in [-0.05, 0) is 58.0 Å². The summed E-state index contributed by atoms with van der Waals surface area (Å²) in [5.41, 5.74) is 8.09. The van der Waals surface area contributed by atoms with Crippen LogP contribution in [0.4, 0.5) is 0 Å². The number of fused-ring (bicyclic) bond motifs is 1. The molecule has 238 valence electrons. The number of aromatic nitrogens is 4. The quantitative estimate of drug-likeness (QED) is 0.342. The minimum Gasteiger partial charge on any atom is -0.474 e. The number of hydrogen-bond acceptors (Lipinski definition) is 10. The standard InChI is InChI=1S/C27H40N6O5.C4H8O/c1-5-8-17(20(28)18-9-6-7-11-27(18)37-13-14-38-27)22(34)24-29-23-21(33(4)26(35)31-23)25(30-24)36-15-19-16(2)10-12-32(19)3;1-2-4-5-3-1/h16,18-19H,5-15,28H2,1-4H3,(H,29,30,31,35);1-4H2/b20-17-;/t16?,18?,19-;/m1./s1.